The van der Waals surface area contributed by atoms with Gasteiger partial charge in [0, 0.05) is 17.4 Å². The maximum Gasteiger partial charge on any atom is 0.0931 e. The zero-order chi connectivity index (χ0) is 11.5. The molecule has 2 aromatic rings. The first-order valence-corrected chi connectivity index (χ1v) is 5.17. The molecule has 3 heteroatoms. The molecule has 3 N–H and O–H groups in total. The quantitative estimate of drug-likeness (QED) is 0.754. The molecule has 1 aromatic carbocycles. The van der Waals surface area contributed by atoms with Gasteiger partial charge in [0.25, 0.3) is 0 Å². The maximum absolute atomic E-state index is 9.34. The molecule has 1 heterocycles. The van der Waals surface area contributed by atoms with Crippen molar-refractivity contribution < 1.29 is 5.11 Å². The molecule has 0 radical (unpaired) electrons. The van der Waals surface area contributed by atoms with Gasteiger partial charge in [-0.3, -0.25) is 4.98 Å². The topological polar surface area (TPSA) is 59.1 Å². The Bertz CT molecular complexity index is 460. The van der Waals surface area contributed by atoms with E-state index in [2.05, 4.69) is 4.98 Å². The van der Waals surface area contributed by atoms with Gasteiger partial charge >= 0.3 is 0 Å². The lowest BCUT2D eigenvalue weighted by Crippen LogP contribution is -1.94. The van der Waals surface area contributed by atoms with Gasteiger partial charge in [-0.25, -0.2) is 0 Å². The van der Waals surface area contributed by atoms with E-state index >= 15 is 0 Å². The fraction of sp³-hybridized carbons (Fsp3) is 0.154. The largest absolute Gasteiger partial charge is 0.399 e. The molecule has 1 atom stereocenters. The van der Waals surface area contributed by atoms with Gasteiger partial charge in [-0.05, 0) is 30.7 Å². The van der Waals surface area contributed by atoms with E-state index in [9.17, 15) is 5.11 Å². The summed E-state index contributed by atoms with van der Waals surface area (Å²) in [5, 5.41) is 9.34. The van der Waals surface area contributed by atoms with Gasteiger partial charge < -0.3 is 10.8 Å². The summed E-state index contributed by atoms with van der Waals surface area (Å²) in [7, 11) is 0. The van der Waals surface area contributed by atoms with Crippen LogP contribution in [0.2, 0.25) is 0 Å². The Kier molecular flexibility index (Phi) is 2.88. The highest BCUT2D eigenvalue weighted by atomic mass is 16.3. The Morgan fingerprint density at radius 2 is 1.69 bits per heavy atom. The molecule has 1 unspecified atom stereocenters. The minimum absolute atomic E-state index is 0.527. The summed E-state index contributed by atoms with van der Waals surface area (Å²) in [5.74, 6) is 0. The van der Waals surface area contributed by atoms with Crippen LogP contribution in [0.4, 0.5) is 5.69 Å². The third-order valence-electron chi connectivity index (χ3n) is 2.46. The van der Waals surface area contributed by atoms with Crippen molar-refractivity contribution in [1.82, 2.24) is 4.98 Å². The molecular formula is C13H14N2O. The standard InChI is InChI=1S/C13H14N2O/c1-9(16)13-7-4-11(8-15-13)10-2-5-12(14)6-3-10/h2-9,16H,14H2,1H3. The number of nitrogens with zero attached hydrogens (tertiary/aromatic N) is 1. The van der Waals surface area contributed by atoms with Crippen LogP contribution >= 0.6 is 0 Å². The van der Waals surface area contributed by atoms with E-state index in [0.29, 0.717) is 5.69 Å². The first kappa shape index (κ1) is 10.6. The van der Waals surface area contributed by atoms with Crippen molar-refractivity contribution in [3.8, 4) is 11.1 Å². The third-order valence-corrected chi connectivity index (χ3v) is 2.46. The highest BCUT2D eigenvalue weighted by molar-refractivity contribution is 5.64. The second kappa shape index (κ2) is 4.33. The van der Waals surface area contributed by atoms with Crippen LogP contribution in [0.25, 0.3) is 11.1 Å². The predicted molar refractivity (Wildman–Crippen MR) is 64.7 cm³/mol. The van der Waals surface area contributed by atoms with Crippen molar-refractivity contribution >= 4 is 5.69 Å². The summed E-state index contributed by atoms with van der Waals surface area (Å²) >= 11 is 0. The van der Waals surface area contributed by atoms with Crippen LogP contribution in [-0.4, -0.2) is 10.1 Å². The fourth-order valence-electron chi connectivity index (χ4n) is 1.50. The number of nitrogens with two attached hydrogens (primary N) is 1. The van der Waals surface area contributed by atoms with Crippen LogP contribution in [0.15, 0.2) is 42.6 Å². The van der Waals surface area contributed by atoms with Crippen molar-refractivity contribution in [2.45, 2.75) is 13.0 Å². The second-order valence-corrected chi connectivity index (χ2v) is 3.77. The highest BCUT2D eigenvalue weighted by Gasteiger charge is 2.03. The van der Waals surface area contributed by atoms with Gasteiger partial charge in [-0.2, -0.15) is 0 Å². The van der Waals surface area contributed by atoms with Crippen LogP contribution in [0.5, 0.6) is 0 Å². The molecule has 16 heavy (non-hydrogen) atoms. The van der Waals surface area contributed by atoms with E-state index in [4.69, 9.17) is 5.73 Å². The van der Waals surface area contributed by atoms with Crippen LogP contribution < -0.4 is 5.73 Å². The number of nitrogen functional groups attached to an aromatic ring is 1. The number of aromatic nitrogens is 1. The summed E-state index contributed by atoms with van der Waals surface area (Å²) in [4.78, 5) is 4.20. The molecule has 0 aliphatic heterocycles. The summed E-state index contributed by atoms with van der Waals surface area (Å²) in [6, 6.07) is 11.4. The number of aliphatic hydroxyl groups excluding tert-OH is 1. The molecule has 2 rings (SSSR count). The molecule has 0 saturated heterocycles. The third kappa shape index (κ3) is 2.20. The first-order valence-electron chi connectivity index (χ1n) is 5.17. The Morgan fingerprint density at radius 1 is 1.06 bits per heavy atom. The smallest absolute Gasteiger partial charge is 0.0931 e. The van der Waals surface area contributed by atoms with Gasteiger partial charge in [-0.1, -0.05) is 18.2 Å². The first-order chi connectivity index (χ1) is 7.66. The molecule has 3 nitrogen and oxygen atoms in total. The monoisotopic (exact) mass is 214 g/mol. The molecule has 1 aromatic heterocycles. The molecule has 0 amide bonds. The lowest BCUT2D eigenvalue weighted by atomic mass is 10.1. The van der Waals surface area contributed by atoms with Crippen LogP contribution in [0, 0.1) is 0 Å². The molecule has 0 aliphatic rings. The van der Waals surface area contributed by atoms with E-state index in [-0.39, 0.29) is 0 Å². The number of pyridine rings is 1. The molecule has 0 fully saturated rings. The average Bonchev–Trinajstić information content (AvgIpc) is 2.30. The second-order valence-electron chi connectivity index (χ2n) is 3.77. The van der Waals surface area contributed by atoms with Gasteiger partial charge in [0.15, 0.2) is 0 Å². The van der Waals surface area contributed by atoms with Crippen molar-refractivity contribution in [3.63, 3.8) is 0 Å². The number of hydrogen-bond acceptors (Lipinski definition) is 3. The lowest BCUT2D eigenvalue weighted by molar-refractivity contribution is 0.194. The lowest BCUT2D eigenvalue weighted by Gasteiger charge is -2.05. The Hall–Kier alpha value is -1.87. The Balaban J connectivity index is 2.31. The number of rotatable bonds is 2. The number of aliphatic hydroxyl groups is 1. The van der Waals surface area contributed by atoms with Crippen molar-refractivity contribution in [2.75, 3.05) is 5.73 Å². The summed E-state index contributed by atoms with van der Waals surface area (Å²) in [5.41, 5.74) is 9.13. The summed E-state index contributed by atoms with van der Waals surface area (Å²) in [6.07, 6.45) is 1.23. The highest BCUT2D eigenvalue weighted by Crippen LogP contribution is 2.20. The predicted octanol–water partition coefficient (Wildman–Crippen LogP) is 2.38. The molecule has 0 aliphatic carbocycles. The van der Waals surface area contributed by atoms with E-state index in [1.807, 2.05) is 36.4 Å². The molecule has 0 spiro atoms. The Morgan fingerprint density at radius 3 is 2.19 bits per heavy atom. The van der Waals surface area contributed by atoms with E-state index in [1.54, 1.807) is 13.1 Å². The van der Waals surface area contributed by atoms with E-state index in [0.717, 1.165) is 16.8 Å². The van der Waals surface area contributed by atoms with Crippen molar-refractivity contribution in [2.24, 2.45) is 0 Å². The average molecular weight is 214 g/mol. The number of benzene rings is 1. The summed E-state index contributed by atoms with van der Waals surface area (Å²) < 4.78 is 0. The Labute approximate surface area is 94.6 Å². The molecule has 0 bridgehead atoms. The molecule has 0 saturated carbocycles. The van der Waals surface area contributed by atoms with Crippen LogP contribution in [0.1, 0.15) is 18.7 Å². The van der Waals surface area contributed by atoms with Gasteiger partial charge in [-0.15, -0.1) is 0 Å². The summed E-state index contributed by atoms with van der Waals surface area (Å²) in [6.45, 7) is 1.70. The van der Waals surface area contributed by atoms with Gasteiger partial charge in [0.1, 0.15) is 0 Å². The maximum atomic E-state index is 9.34. The molecule has 82 valence electrons. The minimum Gasteiger partial charge on any atom is -0.399 e. The van der Waals surface area contributed by atoms with E-state index < -0.39 is 6.10 Å². The van der Waals surface area contributed by atoms with Crippen LogP contribution in [-0.2, 0) is 0 Å². The number of anilines is 1. The normalized spacial score (nSPS) is 12.4. The minimum atomic E-state index is -0.527. The zero-order valence-corrected chi connectivity index (χ0v) is 9.09. The van der Waals surface area contributed by atoms with Crippen LogP contribution in [0.3, 0.4) is 0 Å². The molecular weight excluding hydrogens is 200 g/mol. The fourth-order valence-corrected chi connectivity index (χ4v) is 1.50. The van der Waals surface area contributed by atoms with Gasteiger partial charge in [0.2, 0.25) is 0 Å². The van der Waals surface area contributed by atoms with E-state index in [1.165, 1.54) is 0 Å². The SMILES string of the molecule is CC(O)c1ccc(-c2ccc(N)cc2)cn1. The zero-order valence-electron chi connectivity index (χ0n) is 9.09. The van der Waals surface area contributed by atoms with Crippen molar-refractivity contribution in [3.05, 3.63) is 48.3 Å². The van der Waals surface area contributed by atoms with Gasteiger partial charge in [0.05, 0.1) is 11.8 Å². The number of hydrogen-bond donors (Lipinski definition) is 2. The van der Waals surface area contributed by atoms with Crippen molar-refractivity contribution in [1.29, 1.82) is 0 Å².